The maximum Gasteiger partial charge on any atom is 0.280 e. The Hall–Kier alpha value is -3.21. The van der Waals surface area contributed by atoms with Gasteiger partial charge in [-0.3, -0.25) is 9.59 Å². The zero-order valence-corrected chi connectivity index (χ0v) is 19.0. The normalized spacial score (nSPS) is 27.5. The van der Waals surface area contributed by atoms with Crippen LogP contribution in [0, 0.1) is 17.8 Å². The van der Waals surface area contributed by atoms with Gasteiger partial charge in [0, 0.05) is 23.7 Å². The molecule has 0 spiro atoms. The molecule has 33 heavy (non-hydrogen) atoms. The summed E-state index contributed by atoms with van der Waals surface area (Å²) in [5.41, 5.74) is 2.67. The fraction of sp³-hybridized carbons (Fsp3) is 0.393. The summed E-state index contributed by atoms with van der Waals surface area (Å²) >= 11 is 0. The Morgan fingerprint density at radius 3 is 1.94 bits per heavy atom. The molecule has 4 bridgehead atoms. The van der Waals surface area contributed by atoms with Crippen LogP contribution in [-0.2, 0) is 7.05 Å². The molecule has 5 nitrogen and oxygen atoms in total. The molecule has 0 radical (unpaired) electrons. The molecule has 2 aromatic carbocycles. The van der Waals surface area contributed by atoms with Crippen LogP contribution in [0.3, 0.4) is 0 Å². The SMILES string of the molecule is Cn1nc(-c2ccccc2)c(-c2ccccc2)c(C(=O)NC23CC4CC(CC(C4)C2)C3)c1=O. The van der Waals surface area contributed by atoms with Crippen molar-refractivity contribution >= 4 is 5.91 Å². The number of nitrogens with one attached hydrogen (secondary N) is 1. The molecule has 0 aliphatic heterocycles. The van der Waals surface area contributed by atoms with Gasteiger partial charge in [0.2, 0.25) is 0 Å². The summed E-state index contributed by atoms with van der Waals surface area (Å²) in [4.78, 5) is 27.3. The molecule has 4 fully saturated rings. The van der Waals surface area contributed by atoms with Crippen LogP contribution >= 0.6 is 0 Å². The summed E-state index contributed by atoms with van der Waals surface area (Å²) in [6, 6.07) is 19.5. The lowest BCUT2D eigenvalue weighted by atomic mass is 9.53. The van der Waals surface area contributed by atoms with Crippen LogP contribution in [0.1, 0.15) is 48.9 Å². The van der Waals surface area contributed by atoms with E-state index in [1.165, 1.54) is 23.9 Å². The topological polar surface area (TPSA) is 64.0 Å². The van der Waals surface area contributed by atoms with E-state index in [2.05, 4.69) is 10.4 Å². The Bertz CT molecular complexity index is 1230. The van der Waals surface area contributed by atoms with Gasteiger partial charge in [-0.2, -0.15) is 5.10 Å². The van der Waals surface area contributed by atoms with E-state index >= 15 is 0 Å². The zero-order chi connectivity index (χ0) is 22.6. The molecular weight excluding hydrogens is 410 g/mol. The Morgan fingerprint density at radius 1 is 0.879 bits per heavy atom. The lowest BCUT2D eigenvalue weighted by Gasteiger charge is -2.56. The van der Waals surface area contributed by atoms with Crippen molar-refractivity contribution in [3.05, 3.63) is 76.6 Å². The van der Waals surface area contributed by atoms with E-state index in [0.717, 1.165) is 30.4 Å². The van der Waals surface area contributed by atoms with Crippen LogP contribution in [0.4, 0.5) is 0 Å². The second-order valence-corrected chi connectivity index (χ2v) is 10.4. The third kappa shape index (κ3) is 3.50. The Labute approximate surface area is 193 Å². The first-order valence-corrected chi connectivity index (χ1v) is 12.1. The number of hydrogen-bond donors (Lipinski definition) is 1. The number of benzene rings is 2. The van der Waals surface area contributed by atoms with Crippen molar-refractivity contribution in [3.8, 4) is 22.4 Å². The average molecular weight is 440 g/mol. The number of aromatic nitrogens is 2. The van der Waals surface area contributed by atoms with E-state index < -0.39 is 0 Å². The Kier molecular flexibility index (Phi) is 4.75. The van der Waals surface area contributed by atoms with Crippen molar-refractivity contribution in [2.45, 2.75) is 44.1 Å². The molecule has 4 aliphatic carbocycles. The predicted molar refractivity (Wildman–Crippen MR) is 129 cm³/mol. The first-order chi connectivity index (χ1) is 16.0. The zero-order valence-electron chi connectivity index (χ0n) is 19.0. The second-order valence-electron chi connectivity index (χ2n) is 10.4. The molecule has 1 N–H and O–H groups in total. The lowest BCUT2D eigenvalue weighted by molar-refractivity contribution is -0.0167. The van der Waals surface area contributed by atoms with Gasteiger partial charge >= 0.3 is 0 Å². The summed E-state index contributed by atoms with van der Waals surface area (Å²) in [5.74, 6) is 1.89. The predicted octanol–water partition coefficient (Wildman–Crippen LogP) is 4.81. The quantitative estimate of drug-likeness (QED) is 0.634. The summed E-state index contributed by atoms with van der Waals surface area (Å²) in [6.45, 7) is 0. The fourth-order valence-electron chi connectivity index (χ4n) is 7.09. The molecule has 3 aromatic rings. The molecule has 0 unspecified atom stereocenters. The van der Waals surface area contributed by atoms with Crippen molar-refractivity contribution in [1.82, 2.24) is 15.1 Å². The molecule has 0 saturated heterocycles. The van der Waals surface area contributed by atoms with Gasteiger partial charge in [-0.05, 0) is 61.8 Å². The smallest absolute Gasteiger partial charge is 0.280 e. The number of amides is 1. The third-order valence-corrected chi connectivity index (χ3v) is 8.00. The highest BCUT2D eigenvalue weighted by molar-refractivity contribution is 6.04. The van der Waals surface area contributed by atoms with Gasteiger partial charge in [0.25, 0.3) is 11.5 Å². The molecule has 168 valence electrons. The molecule has 4 saturated carbocycles. The minimum absolute atomic E-state index is 0.166. The lowest BCUT2D eigenvalue weighted by Crippen LogP contribution is -2.60. The minimum Gasteiger partial charge on any atom is -0.346 e. The molecule has 7 rings (SSSR count). The van der Waals surface area contributed by atoms with Gasteiger partial charge in [-0.25, -0.2) is 4.68 Å². The molecule has 1 aromatic heterocycles. The van der Waals surface area contributed by atoms with Gasteiger partial charge in [0.15, 0.2) is 0 Å². The van der Waals surface area contributed by atoms with Gasteiger partial charge in [-0.15, -0.1) is 0 Å². The van der Waals surface area contributed by atoms with E-state index in [-0.39, 0.29) is 22.6 Å². The van der Waals surface area contributed by atoms with Gasteiger partial charge in [0.05, 0.1) is 5.69 Å². The van der Waals surface area contributed by atoms with Crippen LogP contribution < -0.4 is 10.9 Å². The van der Waals surface area contributed by atoms with E-state index in [1.807, 2.05) is 60.7 Å². The van der Waals surface area contributed by atoms with E-state index in [1.54, 1.807) is 7.05 Å². The number of aryl methyl sites for hydroxylation is 1. The van der Waals surface area contributed by atoms with Crippen LogP contribution in [0.15, 0.2) is 65.5 Å². The third-order valence-electron chi connectivity index (χ3n) is 8.00. The highest BCUT2D eigenvalue weighted by atomic mass is 16.2. The van der Waals surface area contributed by atoms with Crippen LogP contribution in [0.25, 0.3) is 22.4 Å². The summed E-state index contributed by atoms with van der Waals surface area (Å²) in [6.07, 6.45) is 7.05. The summed E-state index contributed by atoms with van der Waals surface area (Å²) < 4.78 is 1.31. The number of nitrogens with zero attached hydrogens (tertiary/aromatic N) is 2. The second kappa shape index (κ2) is 7.68. The average Bonchev–Trinajstić information content (AvgIpc) is 2.80. The Morgan fingerprint density at radius 2 is 1.39 bits per heavy atom. The molecule has 4 aliphatic rings. The van der Waals surface area contributed by atoms with Crippen molar-refractivity contribution in [2.75, 3.05) is 0 Å². The van der Waals surface area contributed by atoms with E-state index in [9.17, 15) is 9.59 Å². The van der Waals surface area contributed by atoms with Gasteiger partial charge in [-0.1, -0.05) is 60.7 Å². The standard InChI is InChI=1S/C28H29N3O2/c1-31-27(33)24(26(32)29-28-15-18-12-19(16-28)14-20(13-18)17-28)23(21-8-4-2-5-9-21)25(30-31)22-10-6-3-7-11-22/h2-11,18-20H,12-17H2,1H3,(H,29,32). The first-order valence-electron chi connectivity index (χ1n) is 12.1. The Balaban J connectivity index is 1.49. The number of carbonyl (C=O) groups excluding carboxylic acids is 1. The molecule has 5 heteroatoms. The van der Waals surface area contributed by atoms with Crippen molar-refractivity contribution in [2.24, 2.45) is 24.8 Å². The largest absolute Gasteiger partial charge is 0.346 e. The minimum atomic E-state index is -0.351. The number of hydrogen-bond acceptors (Lipinski definition) is 3. The number of carbonyl (C=O) groups is 1. The molecule has 0 atom stereocenters. The van der Waals surface area contributed by atoms with E-state index in [0.29, 0.717) is 29.0 Å². The summed E-state index contributed by atoms with van der Waals surface area (Å²) in [5, 5.41) is 8.03. The van der Waals surface area contributed by atoms with Crippen LogP contribution in [-0.4, -0.2) is 21.2 Å². The molecule has 1 heterocycles. The van der Waals surface area contributed by atoms with Crippen molar-refractivity contribution < 1.29 is 4.79 Å². The summed E-state index contributed by atoms with van der Waals surface area (Å²) in [7, 11) is 1.63. The number of rotatable bonds is 4. The highest BCUT2D eigenvalue weighted by Gasteiger charge is 2.51. The van der Waals surface area contributed by atoms with Gasteiger partial charge < -0.3 is 5.32 Å². The molecule has 1 amide bonds. The van der Waals surface area contributed by atoms with E-state index in [4.69, 9.17) is 0 Å². The molecular formula is C28H29N3O2. The maximum absolute atomic E-state index is 13.9. The monoisotopic (exact) mass is 439 g/mol. The highest BCUT2D eigenvalue weighted by Crippen LogP contribution is 2.55. The van der Waals surface area contributed by atoms with Crippen LogP contribution in [0.5, 0.6) is 0 Å². The van der Waals surface area contributed by atoms with Crippen molar-refractivity contribution in [1.29, 1.82) is 0 Å². The first kappa shape index (κ1) is 20.4. The van der Waals surface area contributed by atoms with Crippen LogP contribution in [0.2, 0.25) is 0 Å². The fourth-order valence-corrected chi connectivity index (χ4v) is 7.09. The van der Waals surface area contributed by atoms with Gasteiger partial charge in [0.1, 0.15) is 5.56 Å². The van der Waals surface area contributed by atoms with Crippen molar-refractivity contribution in [3.63, 3.8) is 0 Å². The maximum atomic E-state index is 13.9.